The van der Waals surface area contributed by atoms with Crippen molar-refractivity contribution in [2.24, 2.45) is 0 Å². The summed E-state index contributed by atoms with van der Waals surface area (Å²) in [5, 5.41) is 6.67. The summed E-state index contributed by atoms with van der Waals surface area (Å²) in [5.41, 5.74) is 0. The number of nitrogens with zero attached hydrogens (tertiary/aromatic N) is 2. The molecule has 3 nitrogen and oxygen atoms in total. The highest BCUT2D eigenvalue weighted by molar-refractivity contribution is 7.98. The highest BCUT2D eigenvalue weighted by Gasteiger charge is 2.11. The second kappa shape index (κ2) is 4.81. The van der Waals surface area contributed by atoms with Gasteiger partial charge in [0.1, 0.15) is 12.2 Å². The zero-order chi connectivity index (χ0) is 9.73. The third-order valence-corrected chi connectivity index (χ3v) is 4.78. The predicted octanol–water partition coefficient (Wildman–Crippen LogP) is 2.38. The molecule has 0 spiro atoms. The van der Waals surface area contributed by atoms with E-state index >= 15 is 0 Å². The summed E-state index contributed by atoms with van der Waals surface area (Å²) in [4.78, 5) is 4.07. The summed E-state index contributed by atoms with van der Waals surface area (Å²) in [6.45, 7) is 7.21. The fourth-order valence-corrected chi connectivity index (χ4v) is 4.35. The number of aromatic amines is 1. The van der Waals surface area contributed by atoms with Gasteiger partial charge in [0, 0.05) is 8.07 Å². The maximum Gasteiger partial charge on any atom is 0.137 e. The molecule has 5 heteroatoms. The van der Waals surface area contributed by atoms with Crippen molar-refractivity contribution in [2.45, 2.75) is 31.4 Å². The lowest BCUT2D eigenvalue weighted by Gasteiger charge is -2.14. The Bertz CT molecular complexity index is 230. The van der Waals surface area contributed by atoms with Crippen molar-refractivity contribution < 1.29 is 0 Å². The summed E-state index contributed by atoms with van der Waals surface area (Å²) in [6.07, 6.45) is 1.56. The zero-order valence-corrected chi connectivity index (χ0v) is 10.3. The Morgan fingerprint density at radius 3 is 2.77 bits per heavy atom. The van der Waals surface area contributed by atoms with Crippen molar-refractivity contribution in [2.75, 3.05) is 5.75 Å². The van der Waals surface area contributed by atoms with Crippen LogP contribution in [-0.2, 0) is 5.75 Å². The molecule has 1 aromatic heterocycles. The lowest BCUT2D eigenvalue weighted by molar-refractivity contribution is 1.02. The Morgan fingerprint density at radius 2 is 2.23 bits per heavy atom. The van der Waals surface area contributed by atoms with E-state index < -0.39 is 8.07 Å². The number of thioether (sulfide) groups is 1. The van der Waals surface area contributed by atoms with Gasteiger partial charge in [-0.3, -0.25) is 5.10 Å². The quantitative estimate of drug-likeness (QED) is 0.605. The first-order valence-electron chi connectivity index (χ1n) is 4.50. The molecule has 1 rings (SSSR count). The zero-order valence-electron chi connectivity index (χ0n) is 8.50. The first-order chi connectivity index (χ1) is 6.08. The van der Waals surface area contributed by atoms with Gasteiger partial charge in [-0.25, -0.2) is 4.98 Å². The Morgan fingerprint density at radius 1 is 1.46 bits per heavy atom. The lowest BCUT2D eigenvalue weighted by Crippen LogP contribution is -2.19. The number of nitrogens with one attached hydrogen (secondary N) is 1. The van der Waals surface area contributed by atoms with Crippen LogP contribution in [0.25, 0.3) is 0 Å². The number of H-pyrrole nitrogens is 1. The maximum atomic E-state index is 4.07. The first kappa shape index (κ1) is 10.8. The van der Waals surface area contributed by atoms with E-state index in [2.05, 4.69) is 34.8 Å². The average molecular weight is 215 g/mol. The standard InChI is InChI=1S/C8H17N3SSi/c1-13(2,3)5-4-12-6-8-9-7-10-11-8/h7H,4-6H2,1-3H3,(H,9,10,11). The second-order valence-corrected chi connectivity index (χ2v) is 11.0. The highest BCUT2D eigenvalue weighted by Crippen LogP contribution is 2.15. The monoisotopic (exact) mass is 215 g/mol. The van der Waals surface area contributed by atoms with Crippen LogP contribution in [0.5, 0.6) is 0 Å². The van der Waals surface area contributed by atoms with Crippen molar-refractivity contribution in [1.29, 1.82) is 0 Å². The topological polar surface area (TPSA) is 41.6 Å². The SMILES string of the molecule is C[Si](C)(C)CCSCc1ncn[nH]1. The van der Waals surface area contributed by atoms with Gasteiger partial charge >= 0.3 is 0 Å². The summed E-state index contributed by atoms with van der Waals surface area (Å²) >= 11 is 1.94. The summed E-state index contributed by atoms with van der Waals surface area (Å²) in [7, 11) is -0.846. The van der Waals surface area contributed by atoms with Crippen molar-refractivity contribution in [1.82, 2.24) is 15.2 Å². The maximum absolute atomic E-state index is 4.07. The van der Waals surface area contributed by atoms with Gasteiger partial charge in [-0.2, -0.15) is 16.9 Å². The molecule has 0 unspecified atom stereocenters. The van der Waals surface area contributed by atoms with Crippen molar-refractivity contribution >= 4 is 19.8 Å². The third-order valence-electron chi connectivity index (χ3n) is 1.70. The van der Waals surface area contributed by atoms with Gasteiger partial charge in [-0.1, -0.05) is 19.6 Å². The predicted molar refractivity (Wildman–Crippen MR) is 60.7 cm³/mol. The fraction of sp³-hybridized carbons (Fsp3) is 0.750. The molecule has 74 valence electrons. The molecule has 0 saturated carbocycles. The molecule has 0 fully saturated rings. The molecule has 1 N–H and O–H groups in total. The average Bonchev–Trinajstić information content (AvgIpc) is 2.48. The van der Waals surface area contributed by atoms with Crippen LogP contribution < -0.4 is 0 Å². The molecule has 0 aliphatic carbocycles. The van der Waals surface area contributed by atoms with Gasteiger partial charge < -0.3 is 0 Å². The summed E-state index contributed by atoms with van der Waals surface area (Å²) < 4.78 is 0. The van der Waals surface area contributed by atoms with E-state index in [1.54, 1.807) is 6.33 Å². The Labute approximate surface area is 84.7 Å². The molecule has 0 aromatic carbocycles. The van der Waals surface area contributed by atoms with Gasteiger partial charge in [-0.15, -0.1) is 0 Å². The molecule has 0 bridgehead atoms. The Hall–Kier alpha value is -0.293. The van der Waals surface area contributed by atoms with Crippen molar-refractivity contribution in [3.63, 3.8) is 0 Å². The van der Waals surface area contributed by atoms with Crippen LogP contribution in [0.4, 0.5) is 0 Å². The van der Waals surface area contributed by atoms with Gasteiger partial charge in [0.25, 0.3) is 0 Å². The summed E-state index contributed by atoms with van der Waals surface area (Å²) in [5.74, 6) is 3.20. The van der Waals surface area contributed by atoms with Crippen molar-refractivity contribution in [3.8, 4) is 0 Å². The molecule has 13 heavy (non-hydrogen) atoms. The van der Waals surface area contributed by atoms with Crippen LogP contribution in [0.3, 0.4) is 0 Å². The minimum Gasteiger partial charge on any atom is -0.263 e. The number of aromatic nitrogens is 3. The van der Waals surface area contributed by atoms with Crippen LogP contribution in [0.1, 0.15) is 5.82 Å². The van der Waals surface area contributed by atoms with E-state index in [-0.39, 0.29) is 0 Å². The van der Waals surface area contributed by atoms with Gasteiger partial charge in [0.15, 0.2) is 0 Å². The van der Waals surface area contributed by atoms with E-state index in [9.17, 15) is 0 Å². The van der Waals surface area contributed by atoms with Crippen LogP contribution in [0.2, 0.25) is 25.7 Å². The number of rotatable bonds is 5. The van der Waals surface area contributed by atoms with E-state index in [4.69, 9.17) is 0 Å². The molecule has 0 saturated heterocycles. The van der Waals surface area contributed by atoms with Gasteiger partial charge in [0.05, 0.1) is 5.75 Å². The summed E-state index contributed by atoms with van der Waals surface area (Å²) in [6, 6.07) is 1.38. The highest BCUT2D eigenvalue weighted by atomic mass is 32.2. The van der Waals surface area contributed by atoms with Crippen LogP contribution in [0.15, 0.2) is 6.33 Å². The molecule has 0 aliphatic rings. The molecule has 0 radical (unpaired) electrons. The third kappa shape index (κ3) is 5.10. The Balaban J connectivity index is 2.09. The smallest absolute Gasteiger partial charge is 0.137 e. The van der Waals surface area contributed by atoms with E-state index in [0.717, 1.165) is 11.6 Å². The molecule has 1 heterocycles. The van der Waals surface area contributed by atoms with E-state index in [0.29, 0.717) is 0 Å². The number of hydrogen-bond donors (Lipinski definition) is 1. The van der Waals surface area contributed by atoms with Gasteiger partial charge in [-0.05, 0) is 11.8 Å². The Kier molecular flexibility index (Phi) is 3.99. The van der Waals surface area contributed by atoms with Crippen molar-refractivity contribution in [3.05, 3.63) is 12.2 Å². The van der Waals surface area contributed by atoms with E-state index in [1.807, 2.05) is 11.8 Å². The van der Waals surface area contributed by atoms with Crippen LogP contribution in [-0.4, -0.2) is 29.0 Å². The molecule has 0 atom stereocenters. The molecular formula is C8H17N3SSi. The van der Waals surface area contributed by atoms with E-state index in [1.165, 1.54) is 11.8 Å². The minimum atomic E-state index is -0.846. The van der Waals surface area contributed by atoms with Crippen LogP contribution >= 0.6 is 11.8 Å². The van der Waals surface area contributed by atoms with Gasteiger partial charge in [0.2, 0.25) is 0 Å². The molecule has 0 aliphatic heterocycles. The first-order valence-corrected chi connectivity index (χ1v) is 9.36. The lowest BCUT2D eigenvalue weighted by atomic mass is 10.7. The molecule has 0 amide bonds. The molecule has 1 aromatic rings. The number of hydrogen-bond acceptors (Lipinski definition) is 3. The second-order valence-electron chi connectivity index (χ2n) is 4.30. The molecular weight excluding hydrogens is 198 g/mol. The van der Waals surface area contributed by atoms with Crippen LogP contribution in [0, 0.1) is 0 Å². The fourth-order valence-electron chi connectivity index (χ4n) is 0.848. The normalized spacial score (nSPS) is 11.9. The minimum absolute atomic E-state index is 0.846. The largest absolute Gasteiger partial charge is 0.263 e.